The molecule has 1 aromatic carbocycles. The van der Waals surface area contributed by atoms with Gasteiger partial charge in [-0.1, -0.05) is 24.1 Å². The van der Waals surface area contributed by atoms with Crippen LogP contribution in [0.15, 0.2) is 24.3 Å². The summed E-state index contributed by atoms with van der Waals surface area (Å²) in [5.74, 6) is 0.525. The summed E-state index contributed by atoms with van der Waals surface area (Å²) in [6.45, 7) is 1.43. The number of nitrogens with one attached hydrogen (secondary N) is 1. The smallest absolute Gasteiger partial charge is 0.328 e. The van der Waals surface area contributed by atoms with Crippen molar-refractivity contribution in [1.29, 1.82) is 0 Å². The summed E-state index contributed by atoms with van der Waals surface area (Å²) in [5, 5.41) is 11.8. The van der Waals surface area contributed by atoms with Gasteiger partial charge in [-0.3, -0.25) is 5.32 Å². The Bertz CT molecular complexity index is 439. The number of benzene rings is 1. The molecule has 1 atom stereocenters. The van der Waals surface area contributed by atoms with Crippen molar-refractivity contribution < 1.29 is 14.3 Å². The van der Waals surface area contributed by atoms with E-state index in [1.807, 2.05) is 0 Å². The van der Waals surface area contributed by atoms with Crippen LogP contribution in [0.5, 0.6) is 0 Å². The van der Waals surface area contributed by atoms with Gasteiger partial charge in [-0.15, -0.1) is 6.42 Å². The van der Waals surface area contributed by atoms with Crippen molar-refractivity contribution in [1.82, 2.24) is 5.32 Å². The van der Waals surface area contributed by atoms with Crippen molar-refractivity contribution >= 4 is 5.97 Å². The van der Waals surface area contributed by atoms with E-state index in [0.29, 0.717) is 0 Å². The molecule has 0 amide bonds. The van der Waals surface area contributed by atoms with Crippen LogP contribution in [0.4, 0.5) is 4.39 Å². The molecule has 0 aliphatic carbocycles. The number of carboxylic acid groups (broad SMARTS) is 1. The predicted molar refractivity (Wildman–Crippen MR) is 58.2 cm³/mol. The molecule has 3 nitrogen and oxygen atoms in total. The van der Waals surface area contributed by atoms with Crippen molar-refractivity contribution in [2.24, 2.45) is 0 Å². The Balaban J connectivity index is 3.17. The fourth-order valence-electron chi connectivity index (χ4n) is 1.38. The molecule has 0 aromatic heterocycles. The van der Waals surface area contributed by atoms with E-state index in [-0.39, 0.29) is 12.1 Å². The van der Waals surface area contributed by atoms with Gasteiger partial charge >= 0.3 is 5.97 Å². The second kappa shape index (κ2) is 4.77. The van der Waals surface area contributed by atoms with E-state index in [2.05, 4.69) is 11.2 Å². The third-order valence-corrected chi connectivity index (χ3v) is 2.38. The van der Waals surface area contributed by atoms with Crippen LogP contribution in [0, 0.1) is 18.2 Å². The van der Waals surface area contributed by atoms with E-state index in [4.69, 9.17) is 11.5 Å². The molecule has 0 aliphatic heterocycles. The van der Waals surface area contributed by atoms with E-state index in [1.54, 1.807) is 6.07 Å². The van der Waals surface area contributed by atoms with E-state index in [0.717, 1.165) is 0 Å². The molecule has 0 aliphatic rings. The molecule has 1 aromatic rings. The number of aliphatic carboxylic acids is 1. The molecule has 2 N–H and O–H groups in total. The van der Waals surface area contributed by atoms with Gasteiger partial charge in [0.2, 0.25) is 0 Å². The highest BCUT2D eigenvalue weighted by Crippen LogP contribution is 2.23. The first-order chi connectivity index (χ1) is 7.52. The standard InChI is InChI=1S/C12H12FNO2/c1-3-8-14-12(2,11(15)16)9-6-4-5-7-10(9)13/h1,4-7,14H,8H2,2H3,(H,15,16). The predicted octanol–water partition coefficient (Wildman–Crippen LogP) is 1.35. The fourth-order valence-corrected chi connectivity index (χ4v) is 1.38. The lowest BCUT2D eigenvalue weighted by Crippen LogP contribution is -2.47. The van der Waals surface area contributed by atoms with Gasteiger partial charge in [-0.2, -0.15) is 0 Å². The summed E-state index contributed by atoms with van der Waals surface area (Å²) in [6.07, 6.45) is 5.05. The van der Waals surface area contributed by atoms with Crippen molar-refractivity contribution in [2.45, 2.75) is 12.5 Å². The summed E-state index contributed by atoms with van der Waals surface area (Å²) in [4.78, 5) is 11.2. The van der Waals surface area contributed by atoms with Crippen LogP contribution in [-0.4, -0.2) is 17.6 Å². The zero-order chi connectivity index (χ0) is 12.2. The van der Waals surface area contributed by atoms with Gasteiger partial charge in [0, 0.05) is 5.56 Å². The van der Waals surface area contributed by atoms with Gasteiger partial charge < -0.3 is 5.11 Å². The average molecular weight is 221 g/mol. The number of carbonyl (C=O) groups is 1. The van der Waals surface area contributed by atoms with Crippen LogP contribution >= 0.6 is 0 Å². The minimum Gasteiger partial charge on any atom is -0.480 e. The topological polar surface area (TPSA) is 49.3 Å². The SMILES string of the molecule is C#CCNC(C)(C(=O)O)c1ccccc1F. The van der Waals surface area contributed by atoms with Crippen LogP contribution in [0.3, 0.4) is 0 Å². The lowest BCUT2D eigenvalue weighted by molar-refractivity contribution is -0.144. The normalized spacial score (nSPS) is 13.8. The number of rotatable bonds is 4. The van der Waals surface area contributed by atoms with Crippen LogP contribution in [0.25, 0.3) is 0 Å². The molecule has 16 heavy (non-hydrogen) atoms. The van der Waals surface area contributed by atoms with Gasteiger partial charge in [0.1, 0.15) is 11.4 Å². The Morgan fingerprint density at radius 1 is 1.62 bits per heavy atom. The van der Waals surface area contributed by atoms with Gasteiger partial charge in [0.15, 0.2) is 0 Å². The Morgan fingerprint density at radius 3 is 2.75 bits per heavy atom. The molecule has 0 bridgehead atoms. The highest BCUT2D eigenvalue weighted by molar-refractivity contribution is 5.80. The van der Waals surface area contributed by atoms with Gasteiger partial charge in [0.05, 0.1) is 6.54 Å². The summed E-state index contributed by atoms with van der Waals surface area (Å²) in [6, 6.07) is 5.72. The average Bonchev–Trinajstić information content (AvgIpc) is 2.26. The summed E-state index contributed by atoms with van der Waals surface area (Å²) in [7, 11) is 0. The van der Waals surface area contributed by atoms with E-state index < -0.39 is 17.3 Å². The fraction of sp³-hybridized carbons (Fsp3) is 0.250. The number of terminal acetylenes is 1. The zero-order valence-corrected chi connectivity index (χ0v) is 8.83. The maximum Gasteiger partial charge on any atom is 0.328 e. The maximum atomic E-state index is 13.5. The van der Waals surface area contributed by atoms with Crippen molar-refractivity contribution in [3.8, 4) is 12.3 Å². The second-order valence-corrected chi connectivity index (χ2v) is 3.47. The first-order valence-electron chi connectivity index (χ1n) is 4.69. The number of carboxylic acids is 1. The highest BCUT2D eigenvalue weighted by Gasteiger charge is 2.36. The quantitative estimate of drug-likeness (QED) is 0.754. The highest BCUT2D eigenvalue weighted by atomic mass is 19.1. The maximum absolute atomic E-state index is 13.5. The molecule has 0 saturated heterocycles. The first-order valence-corrected chi connectivity index (χ1v) is 4.69. The molecular formula is C12H12FNO2. The molecule has 1 unspecified atom stereocenters. The minimum atomic E-state index is -1.52. The molecule has 4 heteroatoms. The van der Waals surface area contributed by atoms with Crippen LogP contribution in [0.1, 0.15) is 12.5 Å². The molecule has 0 saturated carbocycles. The lowest BCUT2D eigenvalue weighted by atomic mass is 9.91. The zero-order valence-electron chi connectivity index (χ0n) is 8.83. The Labute approximate surface area is 93.3 Å². The molecule has 0 radical (unpaired) electrons. The molecule has 1 rings (SSSR count). The van der Waals surface area contributed by atoms with Crippen LogP contribution in [0.2, 0.25) is 0 Å². The number of hydrogen-bond acceptors (Lipinski definition) is 2. The molecule has 84 valence electrons. The van der Waals surface area contributed by atoms with Crippen molar-refractivity contribution in [2.75, 3.05) is 6.54 Å². The third-order valence-electron chi connectivity index (χ3n) is 2.38. The van der Waals surface area contributed by atoms with Crippen LogP contribution < -0.4 is 5.32 Å². The molecule has 0 heterocycles. The largest absolute Gasteiger partial charge is 0.480 e. The third kappa shape index (κ3) is 2.20. The number of halogens is 1. The van der Waals surface area contributed by atoms with Crippen LogP contribution in [-0.2, 0) is 10.3 Å². The number of hydrogen-bond donors (Lipinski definition) is 2. The Kier molecular flexibility index (Phi) is 3.64. The molecule has 0 spiro atoms. The van der Waals surface area contributed by atoms with E-state index in [1.165, 1.54) is 25.1 Å². The van der Waals surface area contributed by atoms with Gasteiger partial charge in [0.25, 0.3) is 0 Å². The van der Waals surface area contributed by atoms with Gasteiger partial charge in [-0.05, 0) is 13.0 Å². The summed E-state index contributed by atoms with van der Waals surface area (Å²) < 4.78 is 13.5. The van der Waals surface area contributed by atoms with Gasteiger partial charge in [-0.25, -0.2) is 9.18 Å². The van der Waals surface area contributed by atoms with Crippen molar-refractivity contribution in [3.05, 3.63) is 35.6 Å². The minimum absolute atomic E-state index is 0.0527. The Morgan fingerprint density at radius 2 is 2.25 bits per heavy atom. The second-order valence-electron chi connectivity index (χ2n) is 3.47. The van der Waals surface area contributed by atoms with Crippen molar-refractivity contribution in [3.63, 3.8) is 0 Å². The first kappa shape index (κ1) is 12.2. The Hall–Kier alpha value is -1.86. The molecular weight excluding hydrogens is 209 g/mol. The monoisotopic (exact) mass is 221 g/mol. The summed E-state index contributed by atoms with van der Waals surface area (Å²) >= 11 is 0. The molecule has 0 fully saturated rings. The summed E-state index contributed by atoms with van der Waals surface area (Å²) in [5.41, 5.74) is -1.45. The lowest BCUT2D eigenvalue weighted by Gasteiger charge is -2.26. The van der Waals surface area contributed by atoms with E-state index in [9.17, 15) is 9.18 Å². The van der Waals surface area contributed by atoms with E-state index >= 15 is 0 Å².